The summed E-state index contributed by atoms with van der Waals surface area (Å²) in [5.41, 5.74) is -1.46. The highest BCUT2D eigenvalue weighted by molar-refractivity contribution is 5.89. The molecule has 5 heteroatoms. The van der Waals surface area contributed by atoms with Crippen molar-refractivity contribution in [1.29, 1.82) is 0 Å². The first-order valence-electron chi connectivity index (χ1n) is 7.16. The quantitative estimate of drug-likeness (QED) is 0.691. The van der Waals surface area contributed by atoms with Crippen molar-refractivity contribution in [3.8, 4) is 0 Å². The summed E-state index contributed by atoms with van der Waals surface area (Å²) < 4.78 is 0. The van der Waals surface area contributed by atoms with Gasteiger partial charge in [-0.2, -0.15) is 0 Å². The Hall–Kier alpha value is -1.10. The number of carbonyl (C=O) groups excluding carboxylic acids is 2. The fraction of sp³-hybridized carbons (Fsp3) is 0.867. The molecule has 0 saturated carbocycles. The van der Waals surface area contributed by atoms with Gasteiger partial charge < -0.3 is 15.7 Å². The summed E-state index contributed by atoms with van der Waals surface area (Å²) in [7, 11) is 0. The van der Waals surface area contributed by atoms with Crippen LogP contribution >= 0.6 is 0 Å². The Balaban J connectivity index is 4.31. The minimum Gasteiger partial charge on any atom is -0.388 e. The first-order chi connectivity index (χ1) is 8.85. The van der Waals surface area contributed by atoms with Gasteiger partial charge in [-0.15, -0.1) is 0 Å². The largest absolute Gasteiger partial charge is 0.388 e. The minimum absolute atomic E-state index is 0.172. The number of nitrogens with one attached hydrogen (secondary N) is 2. The van der Waals surface area contributed by atoms with Gasteiger partial charge in [0.25, 0.3) is 0 Å². The summed E-state index contributed by atoms with van der Waals surface area (Å²) >= 11 is 0. The Labute approximate surface area is 122 Å². The standard InChI is InChI=1S/C15H30N2O3/c1-10(2)8-15(7,20)9-16-12(18)11(3)17-13(19)14(4,5)6/h10-11,20H,8-9H2,1-7H3,(H,16,18)(H,17,19). The molecular formula is C15H30N2O3. The highest BCUT2D eigenvalue weighted by Gasteiger charge is 2.27. The van der Waals surface area contributed by atoms with Gasteiger partial charge in [0.15, 0.2) is 0 Å². The fourth-order valence-corrected chi connectivity index (χ4v) is 1.86. The van der Waals surface area contributed by atoms with Gasteiger partial charge in [0.1, 0.15) is 6.04 Å². The molecule has 20 heavy (non-hydrogen) atoms. The number of aliphatic hydroxyl groups is 1. The smallest absolute Gasteiger partial charge is 0.242 e. The summed E-state index contributed by atoms with van der Waals surface area (Å²) in [6.07, 6.45) is 0.607. The molecule has 5 nitrogen and oxygen atoms in total. The number of hydrogen-bond donors (Lipinski definition) is 3. The monoisotopic (exact) mass is 286 g/mol. The van der Waals surface area contributed by atoms with E-state index in [9.17, 15) is 14.7 Å². The van der Waals surface area contributed by atoms with E-state index in [4.69, 9.17) is 0 Å². The molecule has 2 unspecified atom stereocenters. The fourth-order valence-electron chi connectivity index (χ4n) is 1.86. The van der Waals surface area contributed by atoms with E-state index in [1.807, 2.05) is 13.8 Å². The second kappa shape index (κ2) is 7.07. The second-order valence-corrected chi connectivity index (χ2v) is 7.26. The van der Waals surface area contributed by atoms with Crippen LogP contribution in [-0.4, -0.2) is 35.1 Å². The lowest BCUT2D eigenvalue weighted by Gasteiger charge is -2.27. The lowest BCUT2D eigenvalue weighted by molar-refractivity contribution is -0.133. The summed E-state index contributed by atoms with van der Waals surface area (Å²) in [4.78, 5) is 23.7. The van der Waals surface area contributed by atoms with Gasteiger partial charge >= 0.3 is 0 Å². The molecule has 0 spiro atoms. The van der Waals surface area contributed by atoms with Gasteiger partial charge in [0, 0.05) is 12.0 Å². The molecule has 0 aromatic heterocycles. The molecule has 3 N–H and O–H groups in total. The predicted octanol–water partition coefficient (Wildman–Crippen LogP) is 1.45. The highest BCUT2D eigenvalue weighted by Crippen LogP contribution is 2.15. The van der Waals surface area contributed by atoms with E-state index in [0.29, 0.717) is 12.3 Å². The molecule has 118 valence electrons. The zero-order valence-corrected chi connectivity index (χ0v) is 13.8. The van der Waals surface area contributed by atoms with E-state index in [0.717, 1.165) is 0 Å². The molecule has 0 radical (unpaired) electrons. The molecular weight excluding hydrogens is 256 g/mol. The average molecular weight is 286 g/mol. The third-order valence-electron chi connectivity index (χ3n) is 2.91. The van der Waals surface area contributed by atoms with Gasteiger partial charge in [-0.3, -0.25) is 9.59 Å². The van der Waals surface area contributed by atoms with Crippen molar-refractivity contribution in [2.45, 2.75) is 66.5 Å². The molecule has 0 bridgehead atoms. The molecule has 0 rings (SSSR count). The topological polar surface area (TPSA) is 78.4 Å². The molecule has 0 aliphatic rings. The second-order valence-electron chi connectivity index (χ2n) is 7.26. The van der Waals surface area contributed by atoms with Gasteiger partial charge in [0.05, 0.1) is 5.60 Å². The van der Waals surface area contributed by atoms with Crippen LogP contribution in [0.15, 0.2) is 0 Å². The summed E-state index contributed by atoms with van der Waals surface area (Å²) in [5, 5.41) is 15.5. The zero-order chi connectivity index (χ0) is 16.1. The zero-order valence-electron chi connectivity index (χ0n) is 13.8. The van der Waals surface area contributed by atoms with Crippen molar-refractivity contribution < 1.29 is 14.7 Å². The van der Waals surface area contributed by atoms with Gasteiger partial charge in [-0.25, -0.2) is 0 Å². The molecule has 0 fully saturated rings. The molecule has 0 heterocycles. The SMILES string of the molecule is CC(C)CC(C)(O)CNC(=O)C(C)NC(=O)C(C)(C)C. The van der Waals surface area contributed by atoms with Crippen molar-refractivity contribution in [2.75, 3.05) is 6.54 Å². The Bertz CT molecular complexity index is 344. The molecule has 0 aliphatic carbocycles. The average Bonchev–Trinajstić information content (AvgIpc) is 2.22. The first kappa shape index (κ1) is 18.9. The normalized spacial score (nSPS) is 16.4. The Morgan fingerprint density at radius 3 is 2.00 bits per heavy atom. The van der Waals surface area contributed by atoms with E-state index in [1.54, 1.807) is 34.6 Å². The summed E-state index contributed by atoms with van der Waals surface area (Å²) in [6, 6.07) is -0.614. The van der Waals surface area contributed by atoms with E-state index < -0.39 is 17.1 Å². The number of hydrogen-bond acceptors (Lipinski definition) is 3. The van der Waals surface area contributed by atoms with Crippen LogP contribution in [0.2, 0.25) is 0 Å². The van der Waals surface area contributed by atoms with Crippen molar-refractivity contribution in [1.82, 2.24) is 10.6 Å². The Kier molecular flexibility index (Phi) is 6.68. The van der Waals surface area contributed by atoms with Crippen LogP contribution in [0.3, 0.4) is 0 Å². The maximum absolute atomic E-state index is 11.9. The third kappa shape index (κ3) is 7.48. The number of amides is 2. The summed E-state index contributed by atoms with van der Waals surface area (Å²) in [5.74, 6) is -0.111. The van der Waals surface area contributed by atoms with Gasteiger partial charge in [0.2, 0.25) is 11.8 Å². The highest BCUT2D eigenvalue weighted by atomic mass is 16.3. The van der Waals surface area contributed by atoms with Crippen molar-refractivity contribution >= 4 is 11.8 Å². The van der Waals surface area contributed by atoms with Crippen molar-refractivity contribution in [3.05, 3.63) is 0 Å². The van der Waals surface area contributed by atoms with Crippen LogP contribution < -0.4 is 10.6 Å². The van der Waals surface area contributed by atoms with Crippen LogP contribution in [-0.2, 0) is 9.59 Å². The van der Waals surface area contributed by atoms with Crippen LogP contribution in [0.1, 0.15) is 54.9 Å². The van der Waals surface area contributed by atoms with Crippen LogP contribution in [0, 0.1) is 11.3 Å². The van der Waals surface area contributed by atoms with Gasteiger partial charge in [-0.05, 0) is 26.2 Å². The lowest BCUT2D eigenvalue weighted by Crippen LogP contribution is -2.51. The number of rotatable bonds is 6. The van der Waals surface area contributed by atoms with E-state index in [1.165, 1.54) is 0 Å². The molecule has 0 aromatic carbocycles. The molecule has 2 amide bonds. The molecule has 2 atom stereocenters. The first-order valence-corrected chi connectivity index (χ1v) is 7.16. The molecule has 0 aliphatic heterocycles. The van der Waals surface area contributed by atoms with Crippen molar-refractivity contribution in [3.63, 3.8) is 0 Å². The number of carbonyl (C=O) groups is 2. The third-order valence-corrected chi connectivity index (χ3v) is 2.91. The maximum Gasteiger partial charge on any atom is 0.242 e. The minimum atomic E-state index is -0.933. The Morgan fingerprint density at radius 1 is 1.10 bits per heavy atom. The van der Waals surface area contributed by atoms with Gasteiger partial charge in [-0.1, -0.05) is 34.6 Å². The molecule has 0 saturated heterocycles. The van der Waals surface area contributed by atoms with Crippen molar-refractivity contribution in [2.24, 2.45) is 11.3 Å². The van der Waals surface area contributed by atoms with E-state index in [2.05, 4.69) is 10.6 Å². The summed E-state index contributed by atoms with van der Waals surface area (Å²) in [6.45, 7) is 12.9. The molecule has 0 aromatic rings. The predicted molar refractivity (Wildman–Crippen MR) is 80.1 cm³/mol. The van der Waals surface area contributed by atoms with E-state index in [-0.39, 0.29) is 18.4 Å². The van der Waals surface area contributed by atoms with E-state index >= 15 is 0 Å². The van der Waals surface area contributed by atoms with Crippen LogP contribution in [0.4, 0.5) is 0 Å². The van der Waals surface area contributed by atoms with Crippen LogP contribution in [0.25, 0.3) is 0 Å². The lowest BCUT2D eigenvalue weighted by atomic mass is 9.94. The van der Waals surface area contributed by atoms with Crippen LogP contribution in [0.5, 0.6) is 0 Å². The maximum atomic E-state index is 11.9. The Morgan fingerprint density at radius 2 is 1.60 bits per heavy atom.